The van der Waals surface area contributed by atoms with Crippen molar-refractivity contribution in [2.24, 2.45) is 0 Å². The van der Waals surface area contributed by atoms with Crippen LogP contribution in [0, 0.1) is 0 Å². The van der Waals surface area contributed by atoms with Crippen LogP contribution < -0.4 is 10.1 Å². The van der Waals surface area contributed by atoms with Gasteiger partial charge in [0.2, 0.25) is 0 Å². The number of hydrogen-bond donors (Lipinski definition) is 1. The normalized spacial score (nSPS) is 11.6. The molecule has 1 amide bonds. The van der Waals surface area contributed by atoms with Gasteiger partial charge in [-0.1, -0.05) is 73.7 Å². The van der Waals surface area contributed by atoms with Crippen molar-refractivity contribution in [1.29, 1.82) is 0 Å². The van der Waals surface area contributed by atoms with Gasteiger partial charge in [0.05, 0.1) is 11.6 Å². The maximum absolute atomic E-state index is 12.8. The molecule has 1 atom stereocenters. The Hall–Kier alpha value is -3.07. The quantitative estimate of drug-likeness (QED) is 0.620. The van der Waals surface area contributed by atoms with E-state index in [-0.39, 0.29) is 11.9 Å². The predicted octanol–water partition coefficient (Wildman–Crippen LogP) is 5.32. The van der Waals surface area contributed by atoms with E-state index in [1.165, 1.54) is 5.56 Å². The number of carbonyl (C=O) groups excluding carboxylic acids is 1. The van der Waals surface area contributed by atoms with Crippen LogP contribution in [0.25, 0.3) is 0 Å². The first-order valence-electron chi connectivity index (χ1n) is 9.33. The van der Waals surface area contributed by atoms with Gasteiger partial charge in [-0.05, 0) is 42.2 Å². The molecule has 138 valence electrons. The summed E-state index contributed by atoms with van der Waals surface area (Å²) in [6, 6.07) is 25.6. The smallest absolute Gasteiger partial charge is 0.255 e. The van der Waals surface area contributed by atoms with E-state index in [2.05, 4.69) is 36.5 Å². The Labute approximate surface area is 161 Å². The highest BCUT2D eigenvalue weighted by atomic mass is 16.5. The second-order valence-electron chi connectivity index (χ2n) is 6.56. The van der Waals surface area contributed by atoms with E-state index in [4.69, 9.17) is 4.74 Å². The number of hydrogen-bond acceptors (Lipinski definition) is 2. The average Bonchev–Trinajstić information content (AvgIpc) is 2.73. The Bertz CT molecular complexity index is 872. The minimum atomic E-state index is -0.134. The Morgan fingerprint density at radius 2 is 1.56 bits per heavy atom. The summed E-state index contributed by atoms with van der Waals surface area (Å²) in [4.78, 5) is 12.8. The van der Waals surface area contributed by atoms with Gasteiger partial charge in [0.25, 0.3) is 5.91 Å². The Balaban J connectivity index is 1.68. The topological polar surface area (TPSA) is 38.3 Å². The van der Waals surface area contributed by atoms with E-state index in [0.717, 1.165) is 17.5 Å². The molecule has 27 heavy (non-hydrogen) atoms. The lowest BCUT2D eigenvalue weighted by Crippen LogP contribution is -2.27. The van der Waals surface area contributed by atoms with E-state index in [1.54, 1.807) is 6.07 Å². The number of aryl methyl sites for hydroxylation is 1. The molecule has 0 aliphatic heterocycles. The molecular formula is C24H25NO2. The molecule has 3 heteroatoms. The molecule has 3 aromatic carbocycles. The van der Waals surface area contributed by atoms with Crippen molar-refractivity contribution in [3.63, 3.8) is 0 Å². The zero-order chi connectivity index (χ0) is 19.1. The Morgan fingerprint density at radius 1 is 0.889 bits per heavy atom. The average molecular weight is 359 g/mol. The van der Waals surface area contributed by atoms with Crippen molar-refractivity contribution in [3.8, 4) is 5.75 Å². The molecule has 0 radical (unpaired) electrons. The van der Waals surface area contributed by atoms with Crippen molar-refractivity contribution in [1.82, 2.24) is 5.32 Å². The second-order valence-corrected chi connectivity index (χ2v) is 6.56. The number of para-hydroxylation sites is 1. The van der Waals surface area contributed by atoms with Crippen LogP contribution in [0.4, 0.5) is 0 Å². The lowest BCUT2D eigenvalue weighted by Gasteiger charge is -2.17. The van der Waals surface area contributed by atoms with Crippen LogP contribution in [0.1, 0.15) is 46.9 Å². The highest BCUT2D eigenvalue weighted by molar-refractivity contribution is 5.97. The molecule has 0 heterocycles. The molecule has 3 aromatic rings. The summed E-state index contributed by atoms with van der Waals surface area (Å²) in [5, 5.41) is 3.07. The summed E-state index contributed by atoms with van der Waals surface area (Å²) >= 11 is 0. The number of carbonyl (C=O) groups is 1. The fourth-order valence-corrected chi connectivity index (χ4v) is 2.92. The van der Waals surface area contributed by atoms with E-state index >= 15 is 0 Å². The zero-order valence-corrected chi connectivity index (χ0v) is 15.8. The number of benzene rings is 3. The first-order valence-corrected chi connectivity index (χ1v) is 9.33. The zero-order valence-electron chi connectivity index (χ0n) is 15.8. The largest absolute Gasteiger partial charge is 0.488 e. The van der Waals surface area contributed by atoms with E-state index in [0.29, 0.717) is 17.9 Å². The first-order chi connectivity index (χ1) is 13.2. The molecule has 0 aromatic heterocycles. The van der Waals surface area contributed by atoms with Gasteiger partial charge in [0.1, 0.15) is 12.4 Å². The van der Waals surface area contributed by atoms with Crippen LogP contribution in [0.5, 0.6) is 5.75 Å². The minimum Gasteiger partial charge on any atom is -0.488 e. The van der Waals surface area contributed by atoms with Crippen molar-refractivity contribution in [3.05, 3.63) is 101 Å². The molecule has 0 unspecified atom stereocenters. The van der Waals surface area contributed by atoms with Crippen LogP contribution in [-0.2, 0) is 13.0 Å². The standard InChI is InChI=1S/C24H25NO2/c1-3-19-13-15-21(16-14-19)18(2)25-24(26)22-11-7-8-12-23(22)27-17-20-9-5-4-6-10-20/h4-16,18H,3,17H2,1-2H3,(H,25,26)/t18-/m0/s1. The van der Waals surface area contributed by atoms with Gasteiger partial charge in [-0.2, -0.15) is 0 Å². The summed E-state index contributed by atoms with van der Waals surface area (Å²) in [6.45, 7) is 4.55. The van der Waals surface area contributed by atoms with Gasteiger partial charge in [-0.3, -0.25) is 4.79 Å². The lowest BCUT2D eigenvalue weighted by atomic mass is 10.0. The third kappa shape index (κ3) is 4.98. The van der Waals surface area contributed by atoms with Crippen molar-refractivity contribution in [2.45, 2.75) is 32.9 Å². The summed E-state index contributed by atoms with van der Waals surface area (Å²) in [7, 11) is 0. The Kier molecular flexibility index (Phi) is 6.26. The lowest BCUT2D eigenvalue weighted by molar-refractivity contribution is 0.0935. The van der Waals surface area contributed by atoms with E-state index in [9.17, 15) is 4.79 Å². The van der Waals surface area contributed by atoms with Gasteiger partial charge in [-0.25, -0.2) is 0 Å². The molecule has 0 fully saturated rings. The van der Waals surface area contributed by atoms with Crippen LogP contribution in [0.15, 0.2) is 78.9 Å². The third-order valence-corrected chi connectivity index (χ3v) is 4.60. The summed E-state index contributed by atoms with van der Waals surface area (Å²) < 4.78 is 5.90. The van der Waals surface area contributed by atoms with Gasteiger partial charge in [0.15, 0.2) is 0 Å². The fourth-order valence-electron chi connectivity index (χ4n) is 2.92. The number of rotatable bonds is 7. The number of nitrogens with one attached hydrogen (secondary N) is 1. The van der Waals surface area contributed by atoms with Gasteiger partial charge in [-0.15, -0.1) is 0 Å². The molecule has 1 N–H and O–H groups in total. The molecule has 0 saturated carbocycles. The molecule has 0 aliphatic rings. The first kappa shape index (κ1) is 18.7. The van der Waals surface area contributed by atoms with Crippen molar-refractivity contribution < 1.29 is 9.53 Å². The summed E-state index contributed by atoms with van der Waals surface area (Å²) in [5.74, 6) is 0.457. The molecule has 3 nitrogen and oxygen atoms in total. The number of amides is 1. The fraction of sp³-hybridized carbons (Fsp3) is 0.208. The van der Waals surface area contributed by atoms with Crippen molar-refractivity contribution in [2.75, 3.05) is 0 Å². The van der Waals surface area contributed by atoms with Gasteiger partial charge < -0.3 is 10.1 Å². The van der Waals surface area contributed by atoms with Crippen LogP contribution in [-0.4, -0.2) is 5.91 Å². The maximum atomic E-state index is 12.8. The SMILES string of the molecule is CCc1ccc([C@H](C)NC(=O)c2ccccc2OCc2ccccc2)cc1. The molecule has 0 aliphatic carbocycles. The summed E-state index contributed by atoms with van der Waals surface area (Å²) in [6.07, 6.45) is 1.01. The van der Waals surface area contributed by atoms with Crippen LogP contribution >= 0.6 is 0 Å². The highest BCUT2D eigenvalue weighted by Gasteiger charge is 2.15. The van der Waals surface area contributed by atoms with E-state index in [1.807, 2.05) is 55.5 Å². The van der Waals surface area contributed by atoms with Crippen LogP contribution in [0.2, 0.25) is 0 Å². The Morgan fingerprint density at radius 3 is 2.26 bits per heavy atom. The van der Waals surface area contributed by atoms with Gasteiger partial charge in [0, 0.05) is 0 Å². The third-order valence-electron chi connectivity index (χ3n) is 4.60. The molecule has 3 rings (SSSR count). The molecule has 0 saturated heterocycles. The predicted molar refractivity (Wildman–Crippen MR) is 109 cm³/mol. The summed E-state index contributed by atoms with van der Waals surface area (Å²) in [5.41, 5.74) is 3.99. The van der Waals surface area contributed by atoms with Gasteiger partial charge >= 0.3 is 0 Å². The van der Waals surface area contributed by atoms with Crippen molar-refractivity contribution >= 4 is 5.91 Å². The van der Waals surface area contributed by atoms with Crippen LogP contribution in [0.3, 0.4) is 0 Å². The maximum Gasteiger partial charge on any atom is 0.255 e. The minimum absolute atomic E-state index is 0.0782. The molecule has 0 spiro atoms. The van der Waals surface area contributed by atoms with E-state index < -0.39 is 0 Å². The monoisotopic (exact) mass is 359 g/mol. The number of ether oxygens (including phenoxy) is 1. The molecular weight excluding hydrogens is 334 g/mol. The second kappa shape index (κ2) is 9.04. The molecule has 0 bridgehead atoms. The highest BCUT2D eigenvalue weighted by Crippen LogP contribution is 2.21.